The summed E-state index contributed by atoms with van der Waals surface area (Å²) < 4.78 is 1.10. The maximum atomic E-state index is 5.87. The summed E-state index contributed by atoms with van der Waals surface area (Å²) in [6.45, 7) is 4.09. The van der Waals surface area contributed by atoms with Gasteiger partial charge in [-0.1, -0.05) is 15.9 Å². The van der Waals surface area contributed by atoms with Crippen LogP contribution in [-0.2, 0) is 0 Å². The molecule has 1 heterocycles. The number of benzene rings is 1. The highest BCUT2D eigenvalue weighted by Gasteiger charge is 2.10. The van der Waals surface area contributed by atoms with Crippen LogP contribution in [-0.4, -0.2) is 4.98 Å². The lowest BCUT2D eigenvalue weighted by Gasteiger charge is -2.02. The molecule has 1 atom stereocenters. The molecule has 0 saturated heterocycles. The minimum atomic E-state index is 0.0566. The Morgan fingerprint density at radius 3 is 2.79 bits per heavy atom. The van der Waals surface area contributed by atoms with Gasteiger partial charge in [-0.25, -0.2) is 0 Å². The van der Waals surface area contributed by atoms with Crippen molar-refractivity contribution in [1.29, 1.82) is 0 Å². The molecule has 3 N–H and O–H groups in total. The van der Waals surface area contributed by atoms with Crippen LogP contribution in [0.15, 0.2) is 22.7 Å². The molecule has 1 aromatic heterocycles. The van der Waals surface area contributed by atoms with Crippen molar-refractivity contribution in [3.8, 4) is 0 Å². The van der Waals surface area contributed by atoms with Crippen LogP contribution in [0.4, 0.5) is 0 Å². The minimum Gasteiger partial charge on any atom is -0.357 e. The fourth-order valence-corrected chi connectivity index (χ4v) is 2.14. The number of rotatable bonds is 1. The van der Waals surface area contributed by atoms with Gasteiger partial charge in [-0.05, 0) is 37.6 Å². The first-order valence-corrected chi connectivity index (χ1v) is 5.42. The molecule has 0 aliphatic carbocycles. The number of nitrogens with one attached hydrogen (secondary N) is 1. The van der Waals surface area contributed by atoms with E-state index < -0.39 is 0 Å². The molecule has 14 heavy (non-hydrogen) atoms. The summed E-state index contributed by atoms with van der Waals surface area (Å²) in [6, 6.07) is 6.27. The Morgan fingerprint density at radius 1 is 1.43 bits per heavy atom. The number of hydrogen-bond acceptors (Lipinski definition) is 1. The Bertz CT molecular complexity index is 471. The molecule has 2 rings (SSSR count). The van der Waals surface area contributed by atoms with Gasteiger partial charge in [-0.2, -0.15) is 0 Å². The quantitative estimate of drug-likeness (QED) is 0.804. The van der Waals surface area contributed by atoms with Crippen LogP contribution in [0.2, 0.25) is 0 Å². The van der Waals surface area contributed by atoms with Gasteiger partial charge in [0.2, 0.25) is 0 Å². The van der Waals surface area contributed by atoms with Crippen molar-refractivity contribution in [2.24, 2.45) is 5.73 Å². The van der Waals surface area contributed by atoms with E-state index in [0.29, 0.717) is 0 Å². The van der Waals surface area contributed by atoms with Gasteiger partial charge in [0.15, 0.2) is 0 Å². The topological polar surface area (TPSA) is 41.8 Å². The average Bonchev–Trinajstić information content (AvgIpc) is 2.44. The van der Waals surface area contributed by atoms with Crippen LogP contribution in [0.5, 0.6) is 0 Å². The van der Waals surface area contributed by atoms with E-state index >= 15 is 0 Å². The highest BCUT2D eigenvalue weighted by Crippen LogP contribution is 2.27. The lowest BCUT2D eigenvalue weighted by Crippen LogP contribution is -2.06. The minimum absolute atomic E-state index is 0.0566. The third kappa shape index (κ3) is 1.47. The summed E-state index contributed by atoms with van der Waals surface area (Å²) in [4.78, 5) is 3.34. The third-order valence-electron chi connectivity index (χ3n) is 2.51. The normalized spacial score (nSPS) is 13.4. The molecule has 0 radical (unpaired) electrons. The Morgan fingerprint density at radius 2 is 2.14 bits per heavy atom. The van der Waals surface area contributed by atoms with Crippen molar-refractivity contribution in [3.05, 3.63) is 33.9 Å². The number of halogens is 1. The van der Waals surface area contributed by atoms with E-state index in [-0.39, 0.29) is 6.04 Å². The Labute approximate surface area is 91.6 Å². The Kier molecular flexibility index (Phi) is 2.37. The number of aromatic amines is 1. The van der Waals surface area contributed by atoms with E-state index in [9.17, 15) is 0 Å². The molecule has 1 aromatic carbocycles. The zero-order valence-corrected chi connectivity index (χ0v) is 9.85. The second kappa shape index (κ2) is 3.41. The molecule has 0 amide bonds. The second-order valence-corrected chi connectivity index (χ2v) is 4.56. The molecule has 0 saturated carbocycles. The second-order valence-electron chi connectivity index (χ2n) is 3.64. The van der Waals surface area contributed by atoms with Gasteiger partial charge in [-0.15, -0.1) is 0 Å². The van der Waals surface area contributed by atoms with Crippen LogP contribution in [0.3, 0.4) is 0 Å². The van der Waals surface area contributed by atoms with Gasteiger partial charge < -0.3 is 10.7 Å². The Balaban J connectivity index is 2.74. The smallest absolute Gasteiger partial charge is 0.0460 e. The fraction of sp³-hybridized carbons (Fsp3) is 0.273. The van der Waals surface area contributed by atoms with Crippen molar-refractivity contribution in [3.63, 3.8) is 0 Å². The Hall–Kier alpha value is -0.800. The van der Waals surface area contributed by atoms with Gasteiger partial charge in [0.05, 0.1) is 0 Å². The van der Waals surface area contributed by atoms with Gasteiger partial charge >= 0.3 is 0 Å². The van der Waals surface area contributed by atoms with E-state index in [1.165, 1.54) is 10.9 Å². The summed E-state index contributed by atoms with van der Waals surface area (Å²) >= 11 is 3.47. The van der Waals surface area contributed by atoms with Crippen molar-refractivity contribution >= 4 is 26.8 Å². The van der Waals surface area contributed by atoms with Crippen LogP contribution in [0.1, 0.15) is 24.2 Å². The van der Waals surface area contributed by atoms with Crippen molar-refractivity contribution < 1.29 is 0 Å². The third-order valence-corrected chi connectivity index (χ3v) is 3.01. The monoisotopic (exact) mass is 252 g/mol. The lowest BCUT2D eigenvalue weighted by molar-refractivity contribution is 0.785. The number of aryl methyl sites for hydroxylation is 1. The van der Waals surface area contributed by atoms with Gasteiger partial charge in [0.25, 0.3) is 0 Å². The molecule has 2 nitrogen and oxygen atoms in total. The summed E-state index contributed by atoms with van der Waals surface area (Å²) in [5.74, 6) is 0. The van der Waals surface area contributed by atoms with Gasteiger partial charge in [0, 0.05) is 27.1 Å². The highest BCUT2D eigenvalue weighted by atomic mass is 79.9. The molecule has 0 aliphatic rings. The number of H-pyrrole nitrogens is 1. The molecule has 74 valence electrons. The summed E-state index contributed by atoms with van der Waals surface area (Å²) in [6.07, 6.45) is 0. The largest absolute Gasteiger partial charge is 0.357 e. The van der Waals surface area contributed by atoms with Crippen molar-refractivity contribution in [1.82, 2.24) is 4.98 Å². The summed E-state index contributed by atoms with van der Waals surface area (Å²) in [7, 11) is 0. The molecule has 2 aromatic rings. The SMILES string of the molecule is Cc1c(C(C)N)[nH]c2ccc(Br)cc12. The predicted octanol–water partition coefficient (Wildman–Crippen LogP) is 3.26. The van der Waals surface area contributed by atoms with E-state index in [1.54, 1.807) is 0 Å². The van der Waals surface area contributed by atoms with Gasteiger partial charge in [-0.3, -0.25) is 0 Å². The molecule has 3 heteroatoms. The molecule has 0 spiro atoms. The molecule has 1 unspecified atom stereocenters. The van der Waals surface area contributed by atoms with Crippen LogP contribution in [0, 0.1) is 6.92 Å². The first-order valence-electron chi connectivity index (χ1n) is 4.63. The number of fused-ring (bicyclic) bond motifs is 1. The molecule has 0 aliphatic heterocycles. The summed E-state index contributed by atoms with van der Waals surface area (Å²) in [5, 5.41) is 1.24. The first kappa shape index (κ1) is 9.74. The zero-order chi connectivity index (χ0) is 10.3. The average molecular weight is 253 g/mol. The van der Waals surface area contributed by atoms with E-state index in [2.05, 4.69) is 40.0 Å². The predicted molar refractivity (Wildman–Crippen MR) is 63.3 cm³/mol. The lowest BCUT2D eigenvalue weighted by atomic mass is 10.1. The molecular weight excluding hydrogens is 240 g/mol. The van der Waals surface area contributed by atoms with E-state index in [4.69, 9.17) is 5.73 Å². The first-order chi connectivity index (χ1) is 6.59. The van der Waals surface area contributed by atoms with Gasteiger partial charge in [0.1, 0.15) is 0 Å². The van der Waals surface area contributed by atoms with Crippen LogP contribution in [0.25, 0.3) is 10.9 Å². The fourth-order valence-electron chi connectivity index (χ4n) is 1.77. The number of nitrogens with two attached hydrogens (primary N) is 1. The molecular formula is C11H13BrN2. The van der Waals surface area contributed by atoms with E-state index in [1.807, 2.05) is 13.0 Å². The van der Waals surface area contributed by atoms with Crippen LogP contribution >= 0.6 is 15.9 Å². The van der Waals surface area contributed by atoms with E-state index in [0.717, 1.165) is 15.7 Å². The number of aromatic nitrogens is 1. The molecule has 0 bridgehead atoms. The maximum Gasteiger partial charge on any atom is 0.0460 e. The summed E-state index contributed by atoms with van der Waals surface area (Å²) in [5.41, 5.74) is 9.39. The molecule has 0 fully saturated rings. The number of hydrogen-bond donors (Lipinski definition) is 2. The maximum absolute atomic E-state index is 5.87. The zero-order valence-electron chi connectivity index (χ0n) is 8.26. The van der Waals surface area contributed by atoms with Crippen LogP contribution < -0.4 is 5.73 Å². The van der Waals surface area contributed by atoms with Crippen molar-refractivity contribution in [2.45, 2.75) is 19.9 Å². The highest BCUT2D eigenvalue weighted by molar-refractivity contribution is 9.10. The van der Waals surface area contributed by atoms with Crippen molar-refractivity contribution in [2.75, 3.05) is 0 Å². The standard InChI is InChI=1S/C11H13BrN2/c1-6-9-5-8(12)3-4-10(9)14-11(6)7(2)13/h3-5,7,14H,13H2,1-2H3.